The van der Waals surface area contributed by atoms with Gasteiger partial charge in [0.2, 0.25) is 0 Å². The Morgan fingerprint density at radius 2 is 1.78 bits per heavy atom. The molecule has 0 saturated carbocycles. The number of carbonyl (C=O) groups is 2. The molecule has 1 fully saturated rings. The molecule has 0 radical (unpaired) electrons. The van der Waals surface area contributed by atoms with Gasteiger partial charge in [0, 0.05) is 29.4 Å². The van der Waals surface area contributed by atoms with Gasteiger partial charge in [0.25, 0.3) is 5.91 Å². The fourth-order valence-electron chi connectivity index (χ4n) is 2.81. The molecule has 0 aromatic heterocycles. The molecule has 0 bridgehead atoms. The molecule has 0 aliphatic carbocycles. The van der Waals surface area contributed by atoms with Gasteiger partial charge in [-0.05, 0) is 49.2 Å². The maximum Gasteiger partial charge on any atom is 0.316 e. The number of rotatable bonds is 7. The number of hydrogen-bond acceptors (Lipinski definition) is 5. The third-order valence-electron chi connectivity index (χ3n) is 4.17. The maximum atomic E-state index is 13.5. The first-order chi connectivity index (χ1) is 13.1. The van der Waals surface area contributed by atoms with Gasteiger partial charge in [-0.15, -0.1) is 11.8 Å². The first kappa shape index (κ1) is 19.2. The molecule has 142 valence electrons. The second-order valence-corrected chi connectivity index (χ2v) is 7.19. The Morgan fingerprint density at radius 3 is 2.48 bits per heavy atom. The van der Waals surface area contributed by atoms with Crippen molar-refractivity contribution in [3.05, 3.63) is 54.3 Å². The molecule has 3 rings (SSSR count). The van der Waals surface area contributed by atoms with E-state index in [1.165, 1.54) is 18.9 Å². The lowest BCUT2D eigenvalue weighted by atomic mass is 10.2. The first-order valence-corrected chi connectivity index (χ1v) is 9.78. The van der Waals surface area contributed by atoms with Crippen LogP contribution in [0.15, 0.2) is 53.4 Å². The number of hydrogen-bond donors (Lipinski definition) is 1. The normalized spacial score (nSPS) is 13.4. The molecule has 1 saturated heterocycles. The van der Waals surface area contributed by atoms with Crippen LogP contribution in [0.4, 0.5) is 15.8 Å². The zero-order chi connectivity index (χ0) is 19.1. The largest absolute Gasteiger partial charge is 0.455 e. The Bertz CT molecular complexity index is 792. The highest BCUT2D eigenvalue weighted by Gasteiger charge is 2.13. The molecule has 1 aliphatic heterocycles. The number of nitrogens with zero attached hydrogens (tertiary/aromatic N) is 1. The monoisotopic (exact) mass is 388 g/mol. The van der Waals surface area contributed by atoms with E-state index >= 15 is 0 Å². The van der Waals surface area contributed by atoms with Crippen molar-refractivity contribution in [1.82, 2.24) is 0 Å². The van der Waals surface area contributed by atoms with Gasteiger partial charge in [-0.25, -0.2) is 4.39 Å². The van der Waals surface area contributed by atoms with Crippen LogP contribution in [-0.2, 0) is 14.3 Å². The van der Waals surface area contributed by atoms with Gasteiger partial charge in [-0.1, -0.05) is 12.1 Å². The summed E-state index contributed by atoms with van der Waals surface area (Å²) in [6, 6.07) is 13.8. The predicted molar refractivity (Wildman–Crippen MR) is 105 cm³/mol. The maximum absolute atomic E-state index is 13.5. The van der Waals surface area contributed by atoms with Crippen molar-refractivity contribution in [1.29, 1.82) is 0 Å². The standard InChI is InChI=1S/C20H21FN2O3S/c21-17-5-1-2-6-18(17)27-14-20(25)26-13-19(24)22-15-7-9-16(10-8-15)23-11-3-4-12-23/h1-2,5-10H,3-4,11-14H2,(H,22,24). The molecule has 7 heteroatoms. The molecule has 2 aromatic carbocycles. The minimum absolute atomic E-state index is 0.0568. The number of amides is 1. The molecule has 1 aliphatic rings. The van der Waals surface area contributed by atoms with Crippen LogP contribution >= 0.6 is 11.8 Å². The highest BCUT2D eigenvalue weighted by Crippen LogP contribution is 2.22. The van der Waals surface area contributed by atoms with Gasteiger partial charge >= 0.3 is 5.97 Å². The van der Waals surface area contributed by atoms with E-state index in [9.17, 15) is 14.0 Å². The summed E-state index contributed by atoms with van der Waals surface area (Å²) in [6.07, 6.45) is 2.41. The van der Waals surface area contributed by atoms with Gasteiger partial charge < -0.3 is 15.0 Å². The van der Waals surface area contributed by atoms with Gasteiger partial charge in [-0.3, -0.25) is 9.59 Å². The number of benzene rings is 2. The summed E-state index contributed by atoms with van der Waals surface area (Å²) in [4.78, 5) is 26.3. The predicted octanol–water partition coefficient (Wildman–Crippen LogP) is 3.70. The Hall–Kier alpha value is -2.54. The number of ether oxygens (including phenoxy) is 1. The van der Waals surface area contributed by atoms with Crippen LogP contribution in [0, 0.1) is 5.82 Å². The van der Waals surface area contributed by atoms with Gasteiger partial charge in [0.05, 0.1) is 5.75 Å². The summed E-state index contributed by atoms with van der Waals surface area (Å²) < 4.78 is 18.4. The molecule has 0 unspecified atom stereocenters. The number of halogens is 1. The minimum Gasteiger partial charge on any atom is -0.455 e. The van der Waals surface area contributed by atoms with E-state index in [-0.39, 0.29) is 18.2 Å². The quantitative estimate of drug-likeness (QED) is 0.579. The summed E-state index contributed by atoms with van der Waals surface area (Å²) in [5.74, 6) is -1.42. The summed E-state index contributed by atoms with van der Waals surface area (Å²) >= 11 is 1.04. The molecule has 0 atom stereocenters. The Kier molecular flexibility index (Phi) is 6.70. The SMILES string of the molecule is O=C(COC(=O)CSc1ccccc1F)Nc1ccc(N2CCCC2)cc1. The van der Waals surface area contributed by atoms with Crippen LogP contribution in [0.1, 0.15) is 12.8 Å². The molecule has 1 heterocycles. The van der Waals surface area contributed by atoms with Crippen LogP contribution in [-0.4, -0.2) is 37.3 Å². The van der Waals surface area contributed by atoms with Gasteiger partial charge in [0.15, 0.2) is 6.61 Å². The van der Waals surface area contributed by atoms with Gasteiger partial charge in [0.1, 0.15) is 5.82 Å². The van der Waals surface area contributed by atoms with Crippen molar-refractivity contribution in [2.75, 3.05) is 35.7 Å². The van der Waals surface area contributed by atoms with Crippen LogP contribution in [0.5, 0.6) is 0 Å². The number of carbonyl (C=O) groups excluding carboxylic acids is 2. The molecule has 1 N–H and O–H groups in total. The first-order valence-electron chi connectivity index (χ1n) is 8.79. The minimum atomic E-state index is -0.567. The second-order valence-electron chi connectivity index (χ2n) is 6.17. The van der Waals surface area contributed by atoms with Crippen molar-refractivity contribution < 1.29 is 18.7 Å². The van der Waals surface area contributed by atoms with E-state index in [4.69, 9.17) is 4.74 Å². The third kappa shape index (κ3) is 5.72. The number of anilines is 2. The molecule has 1 amide bonds. The Balaban J connectivity index is 1.40. The van der Waals surface area contributed by atoms with E-state index < -0.39 is 11.9 Å². The van der Waals surface area contributed by atoms with Crippen LogP contribution < -0.4 is 10.2 Å². The summed E-state index contributed by atoms with van der Waals surface area (Å²) in [5, 5.41) is 2.70. The summed E-state index contributed by atoms with van der Waals surface area (Å²) in [5.41, 5.74) is 1.79. The van der Waals surface area contributed by atoms with Crippen molar-refractivity contribution in [2.24, 2.45) is 0 Å². The van der Waals surface area contributed by atoms with Crippen molar-refractivity contribution in [3.63, 3.8) is 0 Å². The van der Waals surface area contributed by atoms with E-state index in [0.717, 1.165) is 30.5 Å². The van der Waals surface area contributed by atoms with Crippen molar-refractivity contribution >= 4 is 35.0 Å². The van der Waals surface area contributed by atoms with E-state index in [1.807, 2.05) is 24.3 Å². The molecular formula is C20H21FN2O3S. The second kappa shape index (κ2) is 9.41. The van der Waals surface area contributed by atoms with E-state index in [0.29, 0.717) is 10.6 Å². The lowest BCUT2D eigenvalue weighted by Crippen LogP contribution is -2.22. The fraction of sp³-hybridized carbons (Fsp3) is 0.300. The molecule has 0 spiro atoms. The van der Waals surface area contributed by atoms with Gasteiger partial charge in [-0.2, -0.15) is 0 Å². The lowest BCUT2D eigenvalue weighted by molar-refractivity contribution is -0.144. The van der Waals surface area contributed by atoms with Crippen LogP contribution in [0.3, 0.4) is 0 Å². The highest BCUT2D eigenvalue weighted by atomic mass is 32.2. The average molecular weight is 388 g/mol. The zero-order valence-corrected chi connectivity index (χ0v) is 15.6. The summed E-state index contributed by atoms with van der Waals surface area (Å²) in [6.45, 7) is 1.75. The highest BCUT2D eigenvalue weighted by molar-refractivity contribution is 8.00. The molecule has 2 aromatic rings. The molecular weight excluding hydrogens is 367 g/mol. The molecule has 5 nitrogen and oxygen atoms in total. The third-order valence-corrected chi connectivity index (χ3v) is 5.19. The number of esters is 1. The molecule has 27 heavy (non-hydrogen) atoms. The topological polar surface area (TPSA) is 58.6 Å². The fourth-order valence-corrected chi connectivity index (χ4v) is 3.55. The summed E-state index contributed by atoms with van der Waals surface area (Å²) in [7, 11) is 0. The van der Waals surface area contributed by atoms with E-state index in [2.05, 4.69) is 10.2 Å². The zero-order valence-electron chi connectivity index (χ0n) is 14.8. The Morgan fingerprint density at radius 1 is 1.07 bits per heavy atom. The lowest BCUT2D eigenvalue weighted by Gasteiger charge is -2.17. The van der Waals surface area contributed by atoms with E-state index in [1.54, 1.807) is 18.2 Å². The Labute approximate surface area is 161 Å². The van der Waals surface area contributed by atoms with Crippen molar-refractivity contribution in [2.45, 2.75) is 17.7 Å². The number of thioether (sulfide) groups is 1. The smallest absolute Gasteiger partial charge is 0.316 e. The van der Waals surface area contributed by atoms with Crippen LogP contribution in [0.2, 0.25) is 0 Å². The van der Waals surface area contributed by atoms with Crippen molar-refractivity contribution in [3.8, 4) is 0 Å². The average Bonchev–Trinajstić information content (AvgIpc) is 3.21. The number of nitrogens with one attached hydrogen (secondary N) is 1. The van der Waals surface area contributed by atoms with Crippen LogP contribution in [0.25, 0.3) is 0 Å².